The average molecular weight is 387 g/mol. The van der Waals surface area contributed by atoms with Crippen molar-refractivity contribution in [2.45, 2.75) is 108 Å². The molecule has 1 aliphatic heterocycles. The van der Waals surface area contributed by atoms with Gasteiger partial charge < -0.3 is 24.8 Å². The summed E-state index contributed by atoms with van der Waals surface area (Å²) < 4.78 is 10.9. The van der Waals surface area contributed by atoms with E-state index in [1.807, 2.05) is 6.08 Å². The van der Waals surface area contributed by atoms with Crippen LogP contribution in [-0.4, -0.2) is 59.6 Å². The number of unbranched alkanes of at least 4 members (excludes halogenated alkanes) is 11. The van der Waals surface area contributed by atoms with Gasteiger partial charge in [-0.3, -0.25) is 0 Å². The van der Waals surface area contributed by atoms with Gasteiger partial charge in [-0.05, 0) is 12.8 Å². The van der Waals surface area contributed by atoms with Crippen molar-refractivity contribution in [1.29, 1.82) is 0 Å². The fraction of sp³-hybridized carbons (Fsp3) is 0.909. The largest absolute Gasteiger partial charge is 0.394 e. The molecule has 0 spiro atoms. The molecule has 0 bridgehead atoms. The summed E-state index contributed by atoms with van der Waals surface area (Å²) in [6, 6.07) is 0. The van der Waals surface area contributed by atoms with Crippen LogP contribution in [0, 0.1) is 0 Å². The second-order valence-corrected chi connectivity index (χ2v) is 7.71. The molecule has 0 aromatic rings. The molecule has 27 heavy (non-hydrogen) atoms. The minimum atomic E-state index is -1.02. The van der Waals surface area contributed by atoms with Crippen molar-refractivity contribution in [2.75, 3.05) is 19.8 Å². The van der Waals surface area contributed by atoms with E-state index in [2.05, 4.69) is 13.0 Å². The van der Waals surface area contributed by atoms with E-state index in [9.17, 15) is 10.2 Å². The number of aliphatic hydroxyl groups excluding tert-OH is 3. The number of rotatable bonds is 17. The second-order valence-electron chi connectivity index (χ2n) is 7.71. The summed E-state index contributed by atoms with van der Waals surface area (Å²) in [7, 11) is 0. The van der Waals surface area contributed by atoms with Gasteiger partial charge >= 0.3 is 0 Å². The summed E-state index contributed by atoms with van der Waals surface area (Å²) in [5.74, 6) is 0. The molecule has 3 N–H and O–H groups in total. The Hall–Kier alpha value is -0.460. The first kappa shape index (κ1) is 24.6. The molecule has 1 fully saturated rings. The quantitative estimate of drug-likeness (QED) is 0.262. The van der Waals surface area contributed by atoms with Crippen LogP contribution in [0.3, 0.4) is 0 Å². The van der Waals surface area contributed by atoms with E-state index in [0.29, 0.717) is 6.61 Å². The predicted octanol–water partition coefficient (Wildman–Crippen LogP) is 3.74. The van der Waals surface area contributed by atoms with E-state index >= 15 is 0 Å². The second kappa shape index (κ2) is 16.5. The third-order valence-electron chi connectivity index (χ3n) is 5.25. The molecule has 1 rings (SSSR count). The Kier molecular flexibility index (Phi) is 15.0. The van der Waals surface area contributed by atoms with E-state index in [0.717, 1.165) is 6.42 Å². The number of aliphatic hydroxyl groups is 3. The fourth-order valence-electron chi connectivity index (χ4n) is 3.54. The molecule has 0 aromatic heterocycles. The molecule has 5 heteroatoms. The zero-order chi connectivity index (χ0) is 19.7. The number of hydrogen-bond donors (Lipinski definition) is 3. The molecule has 160 valence electrons. The van der Waals surface area contributed by atoms with Crippen LogP contribution >= 0.6 is 0 Å². The first-order valence-corrected chi connectivity index (χ1v) is 11.1. The van der Waals surface area contributed by atoms with Crippen molar-refractivity contribution in [1.82, 2.24) is 0 Å². The number of ether oxygens (including phenoxy) is 2. The Bertz CT molecular complexity index is 361. The molecular weight excluding hydrogens is 344 g/mol. The van der Waals surface area contributed by atoms with Gasteiger partial charge in [-0.25, -0.2) is 0 Å². The normalized spacial score (nSPS) is 24.1. The van der Waals surface area contributed by atoms with Crippen LogP contribution in [0.4, 0.5) is 0 Å². The van der Waals surface area contributed by atoms with Crippen LogP contribution in [0.1, 0.15) is 84.0 Å². The molecule has 0 amide bonds. The van der Waals surface area contributed by atoms with Gasteiger partial charge in [0.15, 0.2) is 0 Å². The Labute approximate surface area is 165 Å². The minimum absolute atomic E-state index is 0.134. The number of hydrogen-bond acceptors (Lipinski definition) is 5. The standard InChI is InChI=1S/C22H42O5/c1-2-3-4-5-6-7-8-9-10-11-12-13-14-15-16-26-22-20(25)18-27-21(22)19(24)17-23/h14-15,19-25H,2-13,16-18H2,1H3/b15-14+/t19-,20+,21+,22+/m1/s1. The Balaban J connectivity index is 1.93. The third-order valence-corrected chi connectivity index (χ3v) is 5.25. The summed E-state index contributed by atoms with van der Waals surface area (Å²) in [5, 5.41) is 28.6. The maximum atomic E-state index is 9.85. The van der Waals surface area contributed by atoms with Gasteiger partial charge in [0.1, 0.15) is 24.4 Å². The fourth-order valence-corrected chi connectivity index (χ4v) is 3.54. The molecule has 4 atom stereocenters. The van der Waals surface area contributed by atoms with Crippen molar-refractivity contribution < 1.29 is 24.8 Å². The molecule has 1 saturated heterocycles. The average Bonchev–Trinajstić information content (AvgIpc) is 3.04. The lowest BCUT2D eigenvalue weighted by atomic mass is 10.1. The van der Waals surface area contributed by atoms with Gasteiger partial charge in [0.2, 0.25) is 0 Å². The van der Waals surface area contributed by atoms with Gasteiger partial charge in [-0.1, -0.05) is 83.3 Å². The van der Waals surface area contributed by atoms with Gasteiger partial charge in [0.25, 0.3) is 0 Å². The minimum Gasteiger partial charge on any atom is -0.394 e. The molecule has 0 radical (unpaired) electrons. The predicted molar refractivity (Wildman–Crippen MR) is 109 cm³/mol. The van der Waals surface area contributed by atoms with E-state index in [4.69, 9.17) is 14.6 Å². The Morgan fingerprint density at radius 1 is 0.963 bits per heavy atom. The first-order chi connectivity index (χ1) is 13.2. The van der Waals surface area contributed by atoms with Crippen molar-refractivity contribution in [3.63, 3.8) is 0 Å². The van der Waals surface area contributed by atoms with Gasteiger partial charge in [-0.15, -0.1) is 0 Å². The molecule has 0 aliphatic carbocycles. The Morgan fingerprint density at radius 2 is 1.56 bits per heavy atom. The van der Waals surface area contributed by atoms with Crippen molar-refractivity contribution >= 4 is 0 Å². The van der Waals surface area contributed by atoms with Gasteiger partial charge in [0, 0.05) is 0 Å². The lowest BCUT2D eigenvalue weighted by Crippen LogP contribution is -2.42. The Morgan fingerprint density at radius 3 is 2.15 bits per heavy atom. The third kappa shape index (κ3) is 11.2. The monoisotopic (exact) mass is 386 g/mol. The van der Waals surface area contributed by atoms with Gasteiger partial charge in [0.05, 0.1) is 19.8 Å². The van der Waals surface area contributed by atoms with Crippen molar-refractivity contribution in [3.05, 3.63) is 12.2 Å². The van der Waals surface area contributed by atoms with Crippen LogP contribution in [0.5, 0.6) is 0 Å². The highest BCUT2D eigenvalue weighted by atomic mass is 16.6. The maximum Gasteiger partial charge on any atom is 0.115 e. The first-order valence-electron chi connectivity index (χ1n) is 11.1. The molecule has 1 heterocycles. The maximum absolute atomic E-state index is 9.85. The van der Waals surface area contributed by atoms with Crippen molar-refractivity contribution in [3.8, 4) is 0 Å². The summed E-state index contributed by atoms with van der Waals surface area (Å²) in [4.78, 5) is 0. The summed E-state index contributed by atoms with van der Waals surface area (Å²) >= 11 is 0. The molecule has 0 aromatic carbocycles. The highest BCUT2D eigenvalue weighted by Gasteiger charge is 2.40. The molecular formula is C22H42O5. The zero-order valence-corrected chi connectivity index (χ0v) is 17.2. The van der Waals surface area contributed by atoms with E-state index in [1.165, 1.54) is 70.6 Å². The molecule has 1 aliphatic rings. The molecule has 0 unspecified atom stereocenters. The van der Waals surface area contributed by atoms with Crippen LogP contribution < -0.4 is 0 Å². The van der Waals surface area contributed by atoms with Crippen LogP contribution in [0.2, 0.25) is 0 Å². The SMILES string of the molecule is CCCCCCCCCCCCC/C=C/CO[C@@H]1[C@H]([C@H](O)CO)OC[C@@H]1O. The zero-order valence-electron chi connectivity index (χ0n) is 17.2. The van der Waals surface area contributed by atoms with Crippen LogP contribution in [-0.2, 0) is 9.47 Å². The van der Waals surface area contributed by atoms with Crippen LogP contribution in [0.25, 0.3) is 0 Å². The highest BCUT2D eigenvalue weighted by molar-refractivity contribution is 4.91. The van der Waals surface area contributed by atoms with Crippen LogP contribution in [0.15, 0.2) is 12.2 Å². The van der Waals surface area contributed by atoms with E-state index < -0.39 is 31.0 Å². The number of allylic oxidation sites excluding steroid dienone is 1. The smallest absolute Gasteiger partial charge is 0.115 e. The topological polar surface area (TPSA) is 79.2 Å². The lowest BCUT2D eigenvalue weighted by Gasteiger charge is -2.23. The van der Waals surface area contributed by atoms with E-state index in [-0.39, 0.29) is 6.61 Å². The van der Waals surface area contributed by atoms with Crippen molar-refractivity contribution in [2.24, 2.45) is 0 Å². The van der Waals surface area contributed by atoms with E-state index in [1.54, 1.807) is 0 Å². The summed E-state index contributed by atoms with van der Waals surface area (Å²) in [6.07, 6.45) is 17.0. The van der Waals surface area contributed by atoms with Gasteiger partial charge in [-0.2, -0.15) is 0 Å². The highest BCUT2D eigenvalue weighted by Crippen LogP contribution is 2.21. The lowest BCUT2D eigenvalue weighted by molar-refractivity contribution is -0.0879. The summed E-state index contributed by atoms with van der Waals surface area (Å²) in [6.45, 7) is 2.38. The molecule has 5 nitrogen and oxygen atoms in total. The summed E-state index contributed by atoms with van der Waals surface area (Å²) in [5.41, 5.74) is 0. The molecule has 0 saturated carbocycles.